The van der Waals surface area contributed by atoms with Gasteiger partial charge in [0.1, 0.15) is 0 Å². The molecule has 3 unspecified atom stereocenters. The van der Waals surface area contributed by atoms with Gasteiger partial charge < -0.3 is 10.6 Å². The van der Waals surface area contributed by atoms with Crippen molar-refractivity contribution >= 4 is 5.91 Å². The van der Waals surface area contributed by atoms with E-state index in [0.29, 0.717) is 5.92 Å². The minimum Gasteiger partial charge on any atom is -0.352 e. The number of hydrogen-bond acceptors (Lipinski definition) is 2. The van der Waals surface area contributed by atoms with Gasteiger partial charge in [-0.2, -0.15) is 13.2 Å². The highest BCUT2D eigenvalue weighted by atomic mass is 19.4. The molecule has 3 atom stereocenters. The number of carbonyl (C=O) groups excluding carboxylic acids is 1. The van der Waals surface area contributed by atoms with Crippen molar-refractivity contribution < 1.29 is 18.0 Å². The SMILES string of the molecule is CC(NC(=O)C1CCC(C(F)(F)F)CN1)C1CCCC1. The molecule has 2 aliphatic rings. The fraction of sp³-hybridized carbons (Fsp3) is 0.929. The van der Waals surface area contributed by atoms with Crippen molar-refractivity contribution in [1.29, 1.82) is 0 Å². The van der Waals surface area contributed by atoms with E-state index in [1.165, 1.54) is 12.8 Å². The van der Waals surface area contributed by atoms with Crippen LogP contribution in [0.1, 0.15) is 45.4 Å². The Morgan fingerprint density at radius 3 is 2.35 bits per heavy atom. The van der Waals surface area contributed by atoms with Crippen LogP contribution < -0.4 is 10.6 Å². The van der Waals surface area contributed by atoms with E-state index in [0.717, 1.165) is 12.8 Å². The summed E-state index contributed by atoms with van der Waals surface area (Å²) in [4.78, 5) is 12.1. The fourth-order valence-corrected chi connectivity index (χ4v) is 3.26. The summed E-state index contributed by atoms with van der Waals surface area (Å²) in [7, 11) is 0. The van der Waals surface area contributed by atoms with Crippen LogP contribution in [0.3, 0.4) is 0 Å². The van der Waals surface area contributed by atoms with Crippen LogP contribution in [-0.4, -0.2) is 30.7 Å². The maximum Gasteiger partial charge on any atom is 0.393 e. The number of carbonyl (C=O) groups is 1. The Kier molecular flexibility index (Phi) is 4.94. The third-order valence-corrected chi connectivity index (χ3v) is 4.67. The van der Waals surface area contributed by atoms with Gasteiger partial charge in [0.25, 0.3) is 0 Å². The number of amides is 1. The molecule has 1 aliphatic heterocycles. The summed E-state index contributed by atoms with van der Waals surface area (Å²) >= 11 is 0. The first-order chi connectivity index (χ1) is 9.38. The molecular weight excluding hydrogens is 269 g/mol. The van der Waals surface area contributed by atoms with Crippen LogP contribution in [0.2, 0.25) is 0 Å². The maximum atomic E-state index is 12.5. The number of halogens is 3. The van der Waals surface area contributed by atoms with Gasteiger partial charge in [0, 0.05) is 12.6 Å². The average molecular weight is 292 g/mol. The highest BCUT2D eigenvalue weighted by Gasteiger charge is 2.42. The van der Waals surface area contributed by atoms with Crippen molar-refractivity contribution in [3.63, 3.8) is 0 Å². The van der Waals surface area contributed by atoms with Gasteiger partial charge in [0.15, 0.2) is 0 Å². The van der Waals surface area contributed by atoms with Gasteiger partial charge in [-0.05, 0) is 38.5 Å². The molecular formula is C14H23F3N2O. The fourth-order valence-electron chi connectivity index (χ4n) is 3.26. The first-order valence-electron chi connectivity index (χ1n) is 7.48. The monoisotopic (exact) mass is 292 g/mol. The van der Waals surface area contributed by atoms with Crippen molar-refractivity contribution in [2.75, 3.05) is 6.54 Å². The van der Waals surface area contributed by atoms with Crippen LogP contribution in [0.15, 0.2) is 0 Å². The van der Waals surface area contributed by atoms with Crippen LogP contribution in [0.4, 0.5) is 13.2 Å². The number of piperidine rings is 1. The largest absolute Gasteiger partial charge is 0.393 e. The quantitative estimate of drug-likeness (QED) is 0.839. The lowest BCUT2D eigenvalue weighted by Gasteiger charge is -2.31. The van der Waals surface area contributed by atoms with Crippen molar-refractivity contribution in [1.82, 2.24) is 10.6 Å². The zero-order valence-corrected chi connectivity index (χ0v) is 11.8. The summed E-state index contributed by atoms with van der Waals surface area (Å²) < 4.78 is 37.6. The highest BCUT2D eigenvalue weighted by Crippen LogP contribution is 2.32. The van der Waals surface area contributed by atoms with Gasteiger partial charge in [0.2, 0.25) is 5.91 Å². The van der Waals surface area contributed by atoms with Gasteiger partial charge in [-0.15, -0.1) is 0 Å². The van der Waals surface area contributed by atoms with Crippen LogP contribution in [0, 0.1) is 11.8 Å². The minimum absolute atomic E-state index is 0.0341. The summed E-state index contributed by atoms with van der Waals surface area (Å²) in [5.74, 6) is -0.950. The zero-order chi connectivity index (χ0) is 14.8. The second kappa shape index (κ2) is 6.33. The molecule has 1 amide bonds. The first-order valence-corrected chi connectivity index (χ1v) is 7.48. The first kappa shape index (κ1) is 15.6. The van der Waals surface area contributed by atoms with Crippen LogP contribution in [-0.2, 0) is 4.79 Å². The molecule has 1 saturated carbocycles. The third-order valence-electron chi connectivity index (χ3n) is 4.67. The number of rotatable bonds is 3. The van der Waals surface area contributed by atoms with E-state index >= 15 is 0 Å². The molecule has 3 nitrogen and oxygen atoms in total. The zero-order valence-electron chi connectivity index (χ0n) is 11.8. The summed E-state index contributed by atoms with van der Waals surface area (Å²) in [6, 6.07) is -0.357. The molecule has 20 heavy (non-hydrogen) atoms. The van der Waals surface area contributed by atoms with Gasteiger partial charge in [0.05, 0.1) is 12.0 Å². The standard InChI is InChI=1S/C14H23F3N2O/c1-9(10-4-2-3-5-10)19-13(20)12-7-6-11(8-18-12)14(15,16)17/h9-12,18H,2-8H2,1H3,(H,19,20). The number of nitrogens with one attached hydrogen (secondary N) is 2. The van der Waals surface area contributed by atoms with Crippen molar-refractivity contribution in [2.24, 2.45) is 11.8 Å². The highest BCUT2D eigenvalue weighted by molar-refractivity contribution is 5.82. The summed E-state index contributed by atoms with van der Waals surface area (Å²) in [5, 5.41) is 5.70. The molecule has 0 bridgehead atoms. The van der Waals surface area contributed by atoms with Crippen molar-refractivity contribution in [3.05, 3.63) is 0 Å². The normalized spacial score (nSPS) is 30.2. The van der Waals surface area contributed by atoms with Crippen LogP contribution >= 0.6 is 0 Å². The van der Waals surface area contributed by atoms with E-state index in [4.69, 9.17) is 0 Å². The molecule has 6 heteroatoms. The van der Waals surface area contributed by atoms with Crippen molar-refractivity contribution in [3.8, 4) is 0 Å². The van der Waals surface area contributed by atoms with Crippen LogP contribution in [0.5, 0.6) is 0 Å². The molecule has 0 radical (unpaired) electrons. The maximum absolute atomic E-state index is 12.5. The molecule has 2 N–H and O–H groups in total. The van der Waals surface area contributed by atoms with Gasteiger partial charge in [-0.1, -0.05) is 12.8 Å². The summed E-state index contributed by atoms with van der Waals surface area (Å²) in [6.07, 6.45) is 0.816. The molecule has 1 saturated heterocycles. The molecule has 0 aromatic heterocycles. The topological polar surface area (TPSA) is 41.1 Å². The Morgan fingerprint density at radius 2 is 1.85 bits per heavy atom. The molecule has 116 valence electrons. The van der Waals surface area contributed by atoms with Crippen molar-refractivity contribution in [2.45, 2.75) is 63.7 Å². The van der Waals surface area contributed by atoms with E-state index < -0.39 is 18.1 Å². The van der Waals surface area contributed by atoms with E-state index in [1.54, 1.807) is 0 Å². The summed E-state index contributed by atoms with van der Waals surface area (Å²) in [5.41, 5.74) is 0. The second-order valence-corrected chi connectivity index (χ2v) is 6.12. The van der Waals surface area contributed by atoms with E-state index in [2.05, 4.69) is 10.6 Å². The Morgan fingerprint density at radius 1 is 1.20 bits per heavy atom. The lowest BCUT2D eigenvalue weighted by Crippen LogP contribution is -2.53. The van der Waals surface area contributed by atoms with E-state index in [-0.39, 0.29) is 31.3 Å². The van der Waals surface area contributed by atoms with Gasteiger partial charge in [-0.3, -0.25) is 4.79 Å². The van der Waals surface area contributed by atoms with Gasteiger partial charge in [-0.25, -0.2) is 0 Å². The molecule has 1 heterocycles. The number of alkyl halides is 3. The summed E-state index contributed by atoms with van der Waals surface area (Å²) in [6.45, 7) is 1.84. The Labute approximate surface area is 117 Å². The van der Waals surface area contributed by atoms with Crippen LogP contribution in [0.25, 0.3) is 0 Å². The Balaban J connectivity index is 1.77. The second-order valence-electron chi connectivity index (χ2n) is 6.12. The number of hydrogen-bond donors (Lipinski definition) is 2. The molecule has 0 aromatic carbocycles. The average Bonchev–Trinajstić information content (AvgIpc) is 2.91. The van der Waals surface area contributed by atoms with E-state index in [9.17, 15) is 18.0 Å². The predicted octanol–water partition coefficient (Wildman–Crippen LogP) is 2.61. The third kappa shape index (κ3) is 3.87. The smallest absolute Gasteiger partial charge is 0.352 e. The van der Waals surface area contributed by atoms with E-state index in [1.807, 2.05) is 6.92 Å². The molecule has 1 aliphatic carbocycles. The Hall–Kier alpha value is -0.780. The molecule has 0 aromatic rings. The minimum atomic E-state index is -4.16. The lowest BCUT2D eigenvalue weighted by atomic mass is 9.93. The molecule has 2 rings (SSSR count). The molecule has 0 spiro atoms. The van der Waals surface area contributed by atoms with Gasteiger partial charge >= 0.3 is 6.18 Å². The Bertz CT molecular complexity index is 332. The lowest BCUT2D eigenvalue weighted by molar-refractivity contribution is -0.180. The predicted molar refractivity (Wildman–Crippen MR) is 70.1 cm³/mol. The molecule has 2 fully saturated rings.